The molecule has 23 heavy (non-hydrogen) atoms. The summed E-state index contributed by atoms with van der Waals surface area (Å²) in [5, 5.41) is 0. The van der Waals surface area contributed by atoms with Crippen LogP contribution in [0.3, 0.4) is 0 Å². The number of para-hydroxylation sites is 2. The highest BCUT2D eigenvalue weighted by Gasteiger charge is 2.47. The number of hydrogen-bond donors (Lipinski definition) is 0. The van der Waals surface area contributed by atoms with Gasteiger partial charge in [-0.05, 0) is 43.7 Å². The van der Waals surface area contributed by atoms with Crippen molar-refractivity contribution in [1.82, 2.24) is 0 Å². The van der Waals surface area contributed by atoms with Crippen LogP contribution >= 0.6 is 15.9 Å². The Labute approximate surface area is 143 Å². The number of nitrogens with zero attached hydrogens (tertiary/aromatic N) is 1. The molecule has 1 unspecified atom stereocenters. The molecule has 2 aromatic rings. The van der Waals surface area contributed by atoms with E-state index in [1.165, 1.54) is 0 Å². The van der Waals surface area contributed by atoms with Gasteiger partial charge < -0.3 is 14.4 Å². The van der Waals surface area contributed by atoms with Crippen molar-refractivity contribution < 1.29 is 9.47 Å². The molecule has 1 atom stereocenters. The zero-order valence-corrected chi connectivity index (χ0v) is 14.1. The Morgan fingerprint density at radius 1 is 1.09 bits per heavy atom. The van der Waals surface area contributed by atoms with Gasteiger partial charge in [0, 0.05) is 4.47 Å². The Morgan fingerprint density at radius 2 is 1.87 bits per heavy atom. The van der Waals surface area contributed by atoms with Crippen molar-refractivity contribution in [3.63, 3.8) is 0 Å². The van der Waals surface area contributed by atoms with E-state index in [0.717, 1.165) is 45.3 Å². The van der Waals surface area contributed by atoms with E-state index < -0.39 is 0 Å². The van der Waals surface area contributed by atoms with Crippen molar-refractivity contribution in [2.24, 2.45) is 0 Å². The lowest BCUT2D eigenvalue weighted by Gasteiger charge is -2.50. The van der Waals surface area contributed by atoms with Crippen LogP contribution in [-0.2, 0) is 0 Å². The van der Waals surface area contributed by atoms with Crippen LogP contribution in [0.5, 0.6) is 17.2 Å². The number of halogens is 1. The van der Waals surface area contributed by atoms with Gasteiger partial charge in [-0.1, -0.05) is 40.2 Å². The van der Waals surface area contributed by atoms with Gasteiger partial charge in [0.15, 0.2) is 17.2 Å². The molecule has 0 aromatic heterocycles. The molecular formula is C19H14BrNO2. The van der Waals surface area contributed by atoms with Crippen molar-refractivity contribution in [1.29, 1.82) is 0 Å². The molecule has 0 radical (unpaired) electrons. The number of benzene rings is 2. The Balaban J connectivity index is 1.86. The maximum Gasteiger partial charge on any atom is 0.156 e. The summed E-state index contributed by atoms with van der Waals surface area (Å²) < 4.78 is 13.3. The SMILES string of the molecule is CC12CC=CC=C1Oc1cc(Br)cc3c1N2c1ccccc1O3. The fraction of sp³-hybridized carbons (Fsp3) is 0.158. The monoisotopic (exact) mass is 367 g/mol. The first-order valence-electron chi connectivity index (χ1n) is 7.63. The van der Waals surface area contributed by atoms with Gasteiger partial charge in [-0.25, -0.2) is 0 Å². The third-order valence-electron chi connectivity index (χ3n) is 4.70. The number of hydrogen-bond acceptors (Lipinski definition) is 3. The summed E-state index contributed by atoms with van der Waals surface area (Å²) in [5.41, 5.74) is 1.84. The van der Waals surface area contributed by atoms with E-state index in [1.807, 2.05) is 30.3 Å². The van der Waals surface area contributed by atoms with Gasteiger partial charge in [-0.15, -0.1) is 0 Å². The molecule has 0 bridgehead atoms. The van der Waals surface area contributed by atoms with Crippen LogP contribution in [-0.4, -0.2) is 5.54 Å². The summed E-state index contributed by atoms with van der Waals surface area (Å²) in [7, 11) is 0. The Hall–Kier alpha value is -2.20. The van der Waals surface area contributed by atoms with Gasteiger partial charge in [0.2, 0.25) is 0 Å². The molecule has 114 valence electrons. The lowest BCUT2D eigenvalue weighted by Crippen LogP contribution is -2.50. The average Bonchev–Trinajstić information content (AvgIpc) is 2.54. The molecule has 0 fully saturated rings. The number of ether oxygens (including phenoxy) is 2. The summed E-state index contributed by atoms with van der Waals surface area (Å²) in [5.74, 6) is 3.49. The van der Waals surface area contributed by atoms with Gasteiger partial charge in [-0.2, -0.15) is 0 Å². The average molecular weight is 368 g/mol. The number of fused-ring (bicyclic) bond motifs is 4. The van der Waals surface area contributed by atoms with E-state index in [0.29, 0.717) is 0 Å². The molecule has 1 aliphatic carbocycles. The minimum atomic E-state index is -0.246. The summed E-state index contributed by atoms with van der Waals surface area (Å²) >= 11 is 3.56. The fourth-order valence-electron chi connectivity index (χ4n) is 3.60. The summed E-state index contributed by atoms with van der Waals surface area (Å²) in [6, 6.07) is 12.2. The van der Waals surface area contributed by atoms with E-state index in [2.05, 4.69) is 52.0 Å². The highest BCUT2D eigenvalue weighted by atomic mass is 79.9. The number of rotatable bonds is 0. The zero-order valence-electron chi connectivity index (χ0n) is 12.5. The molecule has 0 saturated heterocycles. The predicted octanol–water partition coefficient (Wildman–Crippen LogP) is 5.69. The molecule has 0 saturated carbocycles. The maximum absolute atomic E-state index is 6.24. The summed E-state index contributed by atoms with van der Waals surface area (Å²) in [6.07, 6.45) is 7.20. The number of allylic oxidation sites excluding steroid dienone is 2. The second-order valence-corrected chi connectivity index (χ2v) is 7.11. The van der Waals surface area contributed by atoms with Crippen LogP contribution in [0, 0.1) is 0 Å². The van der Waals surface area contributed by atoms with Gasteiger partial charge in [0.1, 0.15) is 17.0 Å². The van der Waals surface area contributed by atoms with Gasteiger partial charge in [0.25, 0.3) is 0 Å². The molecule has 0 spiro atoms. The molecular weight excluding hydrogens is 354 g/mol. The van der Waals surface area contributed by atoms with Crippen molar-refractivity contribution in [3.8, 4) is 17.2 Å². The second-order valence-electron chi connectivity index (χ2n) is 6.19. The lowest BCUT2D eigenvalue weighted by molar-refractivity contribution is 0.290. The minimum Gasteiger partial charge on any atom is -0.457 e. The zero-order chi connectivity index (χ0) is 15.6. The molecule has 0 N–H and O–H groups in total. The van der Waals surface area contributed by atoms with E-state index >= 15 is 0 Å². The lowest BCUT2D eigenvalue weighted by atomic mass is 9.85. The van der Waals surface area contributed by atoms with Crippen LogP contribution in [0.25, 0.3) is 0 Å². The first-order chi connectivity index (χ1) is 11.2. The van der Waals surface area contributed by atoms with Crippen molar-refractivity contribution in [2.45, 2.75) is 18.9 Å². The van der Waals surface area contributed by atoms with E-state index in [4.69, 9.17) is 9.47 Å². The Bertz CT molecular complexity index is 902. The van der Waals surface area contributed by atoms with Crippen molar-refractivity contribution in [2.75, 3.05) is 4.90 Å². The molecule has 0 amide bonds. The molecule has 3 aliphatic rings. The molecule has 4 heteroatoms. The second kappa shape index (κ2) is 4.42. The van der Waals surface area contributed by atoms with Crippen LogP contribution in [0.15, 0.2) is 64.9 Å². The van der Waals surface area contributed by atoms with E-state index in [-0.39, 0.29) is 5.54 Å². The highest BCUT2D eigenvalue weighted by Crippen LogP contribution is 2.59. The van der Waals surface area contributed by atoms with Crippen molar-refractivity contribution >= 4 is 27.3 Å². The van der Waals surface area contributed by atoms with Crippen LogP contribution in [0.1, 0.15) is 13.3 Å². The fourth-order valence-corrected chi connectivity index (χ4v) is 4.02. The van der Waals surface area contributed by atoms with E-state index in [1.54, 1.807) is 0 Å². The molecule has 2 heterocycles. The quantitative estimate of drug-likeness (QED) is 0.597. The predicted molar refractivity (Wildman–Crippen MR) is 93.7 cm³/mol. The standard InChI is InChI=1S/C19H14BrNO2/c1-19-9-5-4-8-17(19)23-16-11-12(20)10-15-18(16)21(19)13-6-2-3-7-14(13)22-15/h2-8,10-11H,9H2,1H3. The van der Waals surface area contributed by atoms with Crippen LogP contribution in [0.2, 0.25) is 0 Å². The molecule has 2 aromatic carbocycles. The van der Waals surface area contributed by atoms with Gasteiger partial charge >= 0.3 is 0 Å². The highest BCUT2D eigenvalue weighted by molar-refractivity contribution is 9.10. The minimum absolute atomic E-state index is 0.246. The normalized spacial score (nSPS) is 23.0. The Kier molecular flexibility index (Phi) is 2.55. The van der Waals surface area contributed by atoms with Gasteiger partial charge in [0.05, 0.1) is 5.69 Å². The van der Waals surface area contributed by atoms with Crippen molar-refractivity contribution in [3.05, 3.63) is 64.9 Å². The maximum atomic E-state index is 6.24. The number of anilines is 2. The third-order valence-corrected chi connectivity index (χ3v) is 5.16. The molecule has 3 nitrogen and oxygen atoms in total. The largest absolute Gasteiger partial charge is 0.457 e. The topological polar surface area (TPSA) is 21.7 Å². The third kappa shape index (κ3) is 1.70. The first-order valence-corrected chi connectivity index (χ1v) is 8.42. The first kappa shape index (κ1) is 13.3. The summed E-state index contributed by atoms with van der Waals surface area (Å²) in [4.78, 5) is 2.36. The van der Waals surface area contributed by atoms with Crippen LogP contribution in [0.4, 0.5) is 11.4 Å². The van der Waals surface area contributed by atoms with Crippen LogP contribution < -0.4 is 14.4 Å². The molecule has 2 aliphatic heterocycles. The smallest absolute Gasteiger partial charge is 0.156 e. The molecule has 5 rings (SSSR count). The Morgan fingerprint density at radius 3 is 2.74 bits per heavy atom. The summed E-state index contributed by atoms with van der Waals surface area (Å²) in [6.45, 7) is 2.22. The van der Waals surface area contributed by atoms with E-state index in [9.17, 15) is 0 Å². The van der Waals surface area contributed by atoms with Gasteiger partial charge in [-0.3, -0.25) is 0 Å².